The largest absolute Gasteiger partial charge is 0.468 e. The minimum Gasteiger partial charge on any atom is -0.468 e. The van der Waals surface area contributed by atoms with Crippen LogP contribution in [0.5, 0.6) is 0 Å². The van der Waals surface area contributed by atoms with Crippen molar-refractivity contribution in [1.29, 1.82) is 0 Å². The van der Waals surface area contributed by atoms with Gasteiger partial charge in [0.2, 0.25) is 0 Å². The molecule has 0 aromatic carbocycles. The third-order valence-corrected chi connectivity index (χ3v) is 4.07. The number of tetrazole rings is 1. The molecule has 0 saturated carbocycles. The summed E-state index contributed by atoms with van der Waals surface area (Å²) in [4.78, 5) is 23.6. The maximum atomic E-state index is 11.3. The van der Waals surface area contributed by atoms with Crippen LogP contribution in [0.3, 0.4) is 0 Å². The standard InChI is InChI=1S/C12H17N5O3S/c1-8(18)21-10-3-4-13-6-9(10)5-11-14-16-17(15-11)7-12(19)20-2/h5,10,13H,3-4,6-7H2,1-2H3. The highest BCUT2D eigenvalue weighted by atomic mass is 32.2. The monoisotopic (exact) mass is 311 g/mol. The van der Waals surface area contributed by atoms with Crippen molar-refractivity contribution in [3.8, 4) is 0 Å². The van der Waals surface area contributed by atoms with E-state index in [0.717, 1.165) is 18.5 Å². The van der Waals surface area contributed by atoms with Crippen molar-refractivity contribution in [1.82, 2.24) is 25.5 Å². The van der Waals surface area contributed by atoms with Crippen LogP contribution in [0, 0.1) is 0 Å². The lowest BCUT2D eigenvalue weighted by Gasteiger charge is -2.24. The van der Waals surface area contributed by atoms with Gasteiger partial charge in [-0.05, 0) is 29.8 Å². The number of esters is 1. The SMILES string of the molecule is COC(=O)Cn1nnc(C=C2CNCCC2SC(C)=O)n1. The second-order valence-corrected chi connectivity index (χ2v) is 5.92. The second-order valence-electron chi connectivity index (χ2n) is 4.54. The Balaban J connectivity index is 2.09. The smallest absolute Gasteiger partial charge is 0.329 e. The van der Waals surface area contributed by atoms with E-state index < -0.39 is 5.97 Å². The van der Waals surface area contributed by atoms with Crippen molar-refractivity contribution in [3.63, 3.8) is 0 Å². The summed E-state index contributed by atoms with van der Waals surface area (Å²) in [6.07, 6.45) is 2.69. The molecule has 8 nitrogen and oxygen atoms in total. The number of rotatable bonds is 4. The average Bonchev–Trinajstić information content (AvgIpc) is 2.87. The molecule has 1 saturated heterocycles. The first kappa shape index (κ1) is 15.6. The predicted molar refractivity (Wildman–Crippen MR) is 77.4 cm³/mol. The lowest BCUT2D eigenvalue weighted by Crippen LogP contribution is -2.32. The van der Waals surface area contributed by atoms with Crippen LogP contribution in [0.4, 0.5) is 0 Å². The van der Waals surface area contributed by atoms with E-state index in [9.17, 15) is 9.59 Å². The summed E-state index contributed by atoms with van der Waals surface area (Å²) >= 11 is 1.32. The van der Waals surface area contributed by atoms with Crippen molar-refractivity contribution in [3.05, 3.63) is 11.4 Å². The van der Waals surface area contributed by atoms with Gasteiger partial charge in [-0.2, -0.15) is 4.80 Å². The van der Waals surface area contributed by atoms with E-state index in [1.807, 2.05) is 6.08 Å². The maximum Gasteiger partial charge on any atom is 0.329 e. The first-order valence-electron chi connectivity index (χ1n) is 6.51. The van der Waals surface area contributed by atoms with Crippen LogP contribution in [0.15, 0.2) is 5.57 Å². The molecule has 1 atom stereocenters. The molecule has 1 aliphatic rings. The molecule has 1 aliphatic heterocycles. The van der Waals surface area contributed by atoms with Crippen LogP contribution in [0.2, 0.25) is 0 Å². The van der Waals surface area contributed by atoms with Gasteiger partial charge in [-0.3, -0.25) is 4.79 Å². The number of hydrogen-bond acceptors (Lipinski definition) is 8. The molecule has 9 heteroatoms. The third kappa shape index (κ3) is 4.64. The zero-order valence-electron chi connectivity index (χ0n) is 11.9. The number of ether oxygens (including phenoxy) is 1. The Morgan fingerprint density at radius 1 is 1.57 bits per heavy atom. The van der Waals surface area contributed by atoms with Crippen molar-refractivity contribution in [2.45, 2.75) is 25.1 Å². The molecule has 1 fully saturated rings. The molecule has 1 unspecified atom stereocenters. The fraction of sp³-hybridized carbons (Fsp3) is 0.583. The number of methoxy groups -OCH3 is 1. The Hall–Kier alpha value is -1.74. The predicted octanol–water partition coefficient (Wildman–Crippen LogP) is -0.129. The Morgan fingerprint density at radius 3 is 3.10 bits per heavy atom. The number of thioether (sulfide) groups is 1. The molecular formula is C12H17N5O3S. The topological polar surface area (TPSA) is 99.0 Å². The third-order valence-electron chi connectivity index (χ3n) is 2.92. The highest BCUT2D eigenvalue weighted by Crippen LogP contribution is 2.26. The number of carbonyl (C=O) groups excluding carboxylic acids is 2. The number of aromatic nitrogens is 4. The zero-order chi connectivity index (χ0) is 15.2. The van der Waals surface area contributed by atoms with E-state index in [0.29, 0.717) is 12.4 Å². The van der Waals surface area contributed by atoms with Gasteiger partial charge >= 0.3 is 5.97 Å². The number of hydrogen-bond donors (Lipinski definition) is 1. The average molecular weight is 311 g/mol. The summed E-state index contributed by atoms with van der Waals surface area (Å²) in [5, 5.41) is 15.3. The first-order valence-corrected chi connectivity index (χ1v) is 7.39. The zero-order valence-corrected chi connectivity index (χ0v) is 12.7. The van der Waals surface area contributed by atoms with Crippen LogP contribution >= 0.6 is 11.8 Å². The van der Waals surface area contributed by atoms with Crippen molar-refractivity contribution >= 4 is 28.9 Å². The molecule has 0 amide bonds. The van der Waals surface area contributed by atoms with Gasteiger partial charge in [-0.1, -0.05) is 11.8 Å². The Bertz CT molecular complexity index is 557. The first-order chi connectivity index (χ1) is 10.1. The quantitative estimate of drug-likeness (QED) is 0.768. The van der Waals surface area contributed by atoms with E-state index in [1.165, 1.54) is 23.7 Å². The summed E-state index contributed by atoms with van der Waals surface area (Å²) in [5.41, 5.74) is 1.05. The molecule has 0 spiro atoms. The molecule has 0 bridgehead atoms. The number of nitrogens with zero attached hydrogens (tertiary/aromatic N) is 4. The molecule has 2 rings (SSSR count). The van der Waals surface area contributed by atoms with Gasteiger partial charge in [0.25, 0.3) is 0 Å². The lowest BCUT2D eigenvalue weighted by atomic mass is 10.1. The van der Waals surface area contributed by atoms with Crippen LogP contribution in [0.1, 0.15) is 19.2 Å². The van der Waals surface area contributed by atoms with Gasteiger partial charge < -0.3 is 10.1 Å². The summed E-state index contributed by atoms with van der Waals surface area (Å²) in [6, 6.07) is 0. The van der Waals surface area contributed by atoms with E-state index in [4.69, 9.17) is 0 Å². The molecular weight excluding hydrogens is 294 g/mol. The summed E-state index contributed by atoms with van der Waals surface area (Å²) in [5.74, 6) is -0.0114. The van der Waals surface area contributed by atoms with Crippen LogP contribution in [-0.2, 0) is 20.9 Å². The van der Waals surface area contributed by atoms with Crippen LogP contribution in [0.25, 0.3) is 6.08 Å². The van der Waals surface area contributed by atoms with Gasteiger partial charge in [0.15, 0.2) is 17.5 Å². The number of piperidine rings is 1. The van der Waals surface area contributed by atoms with Gasteiger partial charge in [0.05, 0.1) is 7.11 Å². The summed E-state index contributed by atoms with van der Waals surface area (Å²) in [6.45, 7) is 3.06. The van der Waals surface area contributed by atoms with E-state index >= 15 is 0 Å². The second kappa shape index (κ2) is 7.32. The van der Waals surface area contributed by atoms with Crippen LogP contribution < -0.4 is 5.32 Å². The number of carbonyl (C=O) groups is 2. The normalized spacial score (nSPS) is 20.5. The lowest BCUT2D eigenvalue weighted by molar-refractivity contribution is -0.141. The minimum atomic E-state index is -0.434. The minimum absolute atomic E-state index is 0.0729. The molecule has 1 aromatic rings. The summed E-state index contributed by atoms with van der Waals surface area (Å²) in [7, 11) is 1.30. The molecule has 0 radical (unpaired) electrons. The van der Waals surface area contributed by atoms with Gasteiger partial charge in [-0.15, -0.1) is 10.2 Å². The van der Waals surface area contributed by atoms with E-state index in [1.54, 1.807) is 6.92 Å². The fourth-order valence-corrected chi connectivity index (χ4v) is 2.91. The van der Waals surface area contributed by atoms with E-state index in [2.05, 4.69) is 25.5 Å². The van der Waals surface area contributed by atoms with Crippen LogP contribution in [-0.4, -0.2) is 56.7 Å². The Labute approximate surface area is 126 Å². The molecule has 0 aliphatic carbocycles. The van der Waals surface area contributed by atoms with Gasteiger partial charge in [0, 0.05) is 18.7 Å². The van der Waals surface area contributed by atoms with E-state index in [-0.39, 0.29) is 16.9 Å². The molecule has 2 heterocycles. The molecule has 114 valence electrons. The Morgan fingerprint density at radius 2 is 2.38 bits per heavy atom. The van der Waals surface area contributed by atoms with Crippen molar-refractivity contribution in [2.75, 3.05) is 20.2 Å². The highest BCUT2D eigenvalue weighted by molar-refractivity contribution is 8.14. The van der Waals surface area contributed by atoms with Crippen molar-refractivity contribution in [2.24, 2.45) is 0 Å². The number of nitrogens with one attached hydrogen (secondary N) is 1. The Kier molecular flexibility index (Phi) is 5.45. The molecule has 1 aromatic heterocycles. The molecule has 21 heavy (non-hydrogen) atoms. The fourth-order valence-electron chi connectivity index (χ4n) is 1.97. The summed E-state index contributed by atoms with van der Waals surface area (Å²) < 4.78 is 4.54. The van der Waals surface area contributed by atoms with Crippen molar-refractivity contribution < 1.29 is 14.3 Å². The van der Waals surface area contributed by atoms with Gasteiger partial charge in [-0.25, -0.2) is 4.79 Å². The molecule has 1 N–H and O–H groups in total. The van der Waals surface area contributed by atoms with Gasteiger partial charge in [0.1, 0.15) is 0 Å². The highest BCUT2D eigenvalue weighted by Gasteiger charge is 2.21. The maximum absolute atomic E-state index is 11.3.